The summed E-state index contributed by atoms with van der Waals surface area (Å²) in [6, 6.07) is 16.1. The minimum atomic E-state index is -3.88. The highest BCUT2D eigenvalue weighted by Crippen LogP contribution is 2.33. The summed E-state index contributed by atoms with van der Waals surface area (Å²) in [4.78, 5) is 20.1. The number of hydrogen-bond acceptors (Lipinski definition) is 5. The number of pyridine rings is 1. The lowest BCUT2D eigenvalue weighted by atomic mass is 10.1. The molecule has 162 valence electrons. The number of primary sulfonamides is 1. The summed E-state index contributed by atoms with van der Waals surface area (Å²) in [6.07, 6.45) is 2.30. The van der Waals surface area contributed by atoms with Crippen LogP contribution in [0.1, 0.15) is 22.8 Å². The number of aryl methyl sites for hydroxylation is 1. The van der Waals surface area contributed by atoms with Crippen LogP contribution in [0.25, 0.3) is 22.3 Å². The standard InChI is InChI=1S/C23H21N5O3S/c1-2-28-22-19(14-25-28)18(13-20(26-22)15-6-4-3-5-7-15)23(29)27-11-10-16-8-9-17(12-21(16)27)32(24,30)31/h3-9,12-14H,2,10-11H2,1H3,(H2,24,30,31). The van der Waals surface area contributed by atoms with E-state index in [1.807, 2.05) is 37.3 Å². The summed E-state index contributed by atoms with van der Waals surface area (Å²) in [7, 11) is -3.88. The first-order valence-electron chi connectivity index (χ1n) is 10.3. The van der Waals surface area contributed by atoms with E-state index in [9.17, 15) is 13.2 Å². The molecule has 3 heterocycles. The van der Waals surface area contributed by atoms with Crippen molar-refractivity contribution >= 4 is 32.7 Å². The third kappa shape index (κ3) is 3.35. The van der Waals surface area contributed by atoms with Crippen LogP contribution in [0.4, 0.5) is 5.69 Å². The summed E-state index contributed by atoms with van der Waals surface area (Å²) in [5.74, 6) is -0.226. The van der Waals surface area contributed by atoms with Crippen LogP contribution in [0.15, 0.2) is 65.7 Å². The predicted molar refractivity (Wildman–Crippen MR) is 122 cm³/mol. The molecule has 2 N–H and O–H groups in total. The van der Waals surface area contributed by atoms with Crippen molar-refractivity contribution in [2.45, 2.75) is 24.8 Å². The van der Waals surface area contributed by atoms with Crippen LogP contribution in [0, 0.1) is 0 Å². The van der Waals surface area contributed by atoms with Crippen molar-refractivity contribution in [3.63, 3.8) is 0 Å². The molecule has 1 amide bonds. The number of nitrogens with zero attached hydrogens (tertiary/aromatic N) is 4. The first-order chi connectivity index (χ1) is 15.4. The Morgan fingerprint density at radius 2 is 1.91 bits per heavy atom. The Balaban J connectivity index is 1.66. The average Bonchev–Trinajstić information content (AvgIpc) is 3.41. The van der Waals surface area contributed by atoms with E-state index in [1.165, 1.54) is 12.1 Å². The minimum absolute atomic E-state index is 0.0143. The van der Waals surface area contributed by atoms with Gasteiger partial charge in [0.25, 0.3) is 5.91 Å². The van der Waals surface area contributed by atoms with Gasteiger partial charge in [-0.05, 0) is 37.1 Å². The Hall–Kier alpha value is -3.56. The lowest BCUT2D eigenvalue weighted by Crippen LogP contribution is -2.29. The molecule has 2 aromatic carbocycles. The molecule has 1 aliphatic rings. The molecule has 5 rings (SSSR count). The van der Waals surface area contributed by atoms with Gasteiger partial charge in [0, 0.05) is 24.3 Å². The lowest BCUT2D eigenvalue weighted by molar-refractivity contribution is 0.0991. The van der Waals surface area contributed by atoms with Crippen molar-refractivity contribution in [2.24, 2.45) is 5.14 Å². The van der Waals surface area contributed by atoms with Crippen molar-refractivity contribution < 1.29 is 13.2 Å². The van der Waals surface area contributed by atoms with Gasteiger partial charge in [0.15, 0.2) is 5.65 Å². The Kier molecular flexibility index (Phi) is 4.79. The molecular weight excluding hydrogens is 426 g/mol. The van der Waals surface area contributed by atoms with E-state index in [2.05, 4.69) is 5.10 Å². The van der Waals surface area contributed by atoms with Crippen molar-refractivity contribution in [1.29, 1.82) is 0 Å². The number of aromatic nitrogens is 3. The van der Waals surface area contributed by atoms with Gasteiger partial charge in [-0.1, -0.05) is 36.4 Å². The minimum Gasteiger partial charge on any atom is -0.308 e. The molecule has 9 heteroatoms. The highest BCUT2D eigenvalue weighted by Gasteiger charge is 2.29. The number of fused-ring (bicyclic) bond motifs is 2. The smallest absolute Gasteiger partial charge is 0.259 e. The Labute approximate surface area is 185 Å². The van der Waals surface area contributed by atoms with Gasteiger partial charge >= 0.3 is 0 Å². The van der Waals surface area contributed by atoms with E-state index in [-0.39, 0.29) is 10.8 Å². The summed E-state index contributed by atoms with van der Waals surface area (Å²) in [6.45, 7) is 3.04. The molecule has 0 saturated carbocycles. The Morgan fingerprint density at radius 3 is 2.62 bits per heavy atom. The van der Waals surface area contributed by atoms with E-state index in [1.54, 1.807) is 27.9 Å². The zero-order valence-electron chi connectivity index (χ0n) is 17.4. The third-order valence-electron chi connectivity index (χ3n) is 5.73. The number of anilines is 1. The molecule has 0 spiro atoms. The monoisotopic (exact) mass is 447 g/mol. The quantitative estimate of drug-likeness (QED) is 0.517. The van der Waals surface area contributed by atoms with Crippen molar-refractivity contribution in [1.82, 2.24) is 14.8 Å². The van der Waals surface area contributed by atoms with Gasteiger partial charge in [-0.2, -0.15) is 5.10 Å². The van der Waals surface area contributed by atoms with Crippen molar-refractivity contribution in [3.8, 4) is 11.3 Å². The molecule has 0 radical (unpaired) electrons. The first kappa shape index (κ1) is 20.3. The summed E-state index contributed by atoms with van der Waals surface area (Å²) in [5, 5.41) is 10.4. The molecule has 0 aliphatic carbocycles. The van der Waals surface area contributed by atoms with Crippen LogP contribution in [0.3, 0.4) is 0 Å². The van der Waals surface area contributed by atoms with E-state index < -0.39 is 10.0 Å². The molecule has 0 atom stereocenters. The van der Waals surface area contributed by atoms with Gasteiger partial charge in [0.05, 0.1) is 27.7 Å². The normalized spacial score (nSPS) is 13.5. The molecule has 32 heavy (non-hydrogen) atoms. The maximum absolute atomic E-state index is 13.7. The molecule has 4 aromatic rings. The fourth-order valence-electron chi connectivity index (χ4n) is 4.11. The molecule has 0 saturated heterocycles. The predicted octanol–water partition coefficient (Wildman–Crippen LogP) is 2.97. The number of nitrogens with two attached hydrogens (primary N) is 1. The number of benzene rings is 2. The average molecular weight is 448 g/mol. The molecule has 0 bridgehead atoms. The van der Waals surface area contributed by atoms with Crippen LogP contribution < -0.4 is 10.0 Å². The van der Waals surface area contributed by atoms with E-state index >= 15 is 0 Å². The van der Waals surface area contributed by atoms with Gasteiger partial charge in [-0.15, -0.1) is 0 Å². The van der Waals surface area contributed by atoms with Gasteiger partial charge in [0.1, 0.15) is 0 Å². The van der Waals surface area contributed by atoms with E-state index in [4.69, 9.17) is 10.1 Å². The number of amides is 1. The number of carbonyl (C=O) groups is 1. The summed E-state index contributed by atoms with van der Waals surface area (Å²) >= 11 is 0. The fourth-order valence-corrected chi connectivity index (χ4v) is 4.64. The maximum atomic E-state index is 13.7. The number of hydrogen-bond donors (Lipinski definition) is 1. The number of carbonyl (C=O) groups excluding carboxylic acids is 1. The van der Waals surface area contributed by atoms with Crippen LogP contribution in [-0.4, -0.2) is 35.6 Å². The first-order valence-corrected chi connectivity index (χ1v) is 11.8. The second-order valence-corrected chi connectivity index (χ2v) is 9.22. The molecular formula is C23H21N5O3S. The van der Waals surface area contributed by atoms with E-state index in [0.29, 0.717) is 47.5 Å². The Morgan fingerprint density at radius 1 is 1.12 bits per heavy atom. The largest absolute Gasteiger partial charge is 0.308 e. The zero-order chi connectivity index (χ0) is 22.5. The summed E-state index contributed by atoms with van der Waals surface area (Å²) < 4.78 is 25.5. The molecule has 2 aromatic heterocycles. The highest BCUT2D eigenvalue weighted by atomic mass is 32.2. The SMILES string of the molecule is CCn1ncc2c(C(=O)N3CCc4ccc(S(N)(=O)=O)cc43)cc(-c3ccccc3)nc21. The summed E-state index contributed by atoms with van der Waals surface area (Å²) in [5.41, 5.74) is 4.15. The highest BCUT2D eigenvalue weighted by molar-refractivity contribution is 7.89. The van der Waals surface area contributed by atoms with Crippen molar-refractivity contribution in [3.05, 3.63) is 71.9 Å². The molecule has 0 fully saturated rings. The maximum Gasteiger partial charge on any atom is 0.259 e. The number of sulfonamides is 1. The lowest BCUT2D eigenvalue weighted by Gasteiger charge is -2.19. The molecule has 0 unspecified atom stereocenters. The van der Waals surface area contributed by atoms with Gasteiger partial charge in [0.2, 0.25) is 10.0 Å². The second-order valence-electron chi connectivity index (χ2n) is 7.66. The Bertz CT molecular complexity index is 1460. The van der Waals surface area contributed by atoms with Gasteiger partial charge in [-0.3, -0.25) is 4.79 Å². The number of rotatable bonds is 4. The van der Waals surface area contributed by atoms with Crippen molar-refractivity contribution in [2.75, 3.05) is 11.4 Å². The van der Waals surface area contributed by atoms with Crippen LogP contribution in [0.2, 0.25) is 0 Å². The van der Waals surface area contributed by atoms with Crippen LogP contribution >= 0.6 is 0 Å². The van der Waals surface area contributed by atoms with E-state index in [0.717, 1.165) is 11.1 Å². The second kappa shape index (κ2) is 7.54. The van der Waals surface area contributed by atoms with Crippen LogP contribution in [0.5, 0.6) is 0 Å². The van der Waals surface area contributed by atoms with Crippen LogP contribution in [-0.2, 0) is 23.0 Å². The molecule has 1 aliphatic heterocycles. The topological polar surface area (TPSA) is 111 Å². The third-order valence-corrected chi connectivity index (χ3v) is 6.65. The molecule has 8 nitrogen and oxygen atoms in total. The van der Waals surface area contributed by atoms with Gasteiger partial charge in [-0.25, -0.2) is 23.2 Å². The van der Waals surface area contributed by atoms with Gasteiger partial charge < -0.3 is 4.90 Å². The zero-order valence-corrected chi connectivity index (χ0v) is 18.2. The fraction of sp³-hybridized carbons (Fsp3) is 0.174.